The van der Waals surface area contributed by atoms with E-state index >= 15 is 0 Å². The van der Waals surface area contributed by atoms with Gasteiger partial charge in [0.15, 0.2) is 0 Å². The Labute approximate surface area is 169 Å². The SMILES string of the molecule is CC1=C(C)C(C)([PH+](C2CCCCC2)C2CCCCC2)c2c(C)ccc(C)c21. The number of allylic oxidation sites excluding steroid dienone is 2. The summed E-state index contributed by atoms with van der Waals surface area (Å²) in [6.45, 7) is 12.4. The zero-order chi connectivity index (χ0) is 19.2. The van der Waals surface area contributed by atoms with Gasteiger partial charge in [-0.05, 0) is 114 Å². The summed E-state index contributed by atoms with van der Waals surface area (Å²) in [5.74, 6) is 0. The molecule has 0 N–H and O–H groups in total. The molecule has 0 spiro atoms. The van der Waals surface area contributed by atoms with Crippen molar-refractivity contribution in [1.29, 1.82) is 0 Å². The van der Waals surface area contributed by atoms with Crippen molar-refractivity contribution in [2.24, 2.45) is 0 Å². The Kier molecular flexibility index (Phi) is 5.59. The van der Waals surface area contributed by atoms with Gasteiger partial charge in [0, 0.05) is 13.5 Å². The molecule has 1 heteroatoms. The number of aryl methyl sites for hydroxylation is 2. The average Bonchev–Trinajstić information content (AvgIpc) is 2.89. The summed E-state index contributed by atoms with van der Waals surface area (Å²) in [5.41, 5.74) is 11.9. The first-order valence-electron chi connectivity index (χ1n) is 11.6. The monoisotopic (exact) mass is 383 g/mol. The third-order valence-corrected chi connectivity index (χ3v) is 13.2. The Morgan fingerprint density at radius 3 is 1.74 bits per heavy atom. The molecule has 4 rings (SSSR count). The van der Waals surface area contributed by atoms with E-state index in [1.807, 2.05) is 0 Å². The van der Waals surface area contributed by atoms with Crippen molar-refractivity contribution in [3.05, 3.63) is 40.0 Å². The van der Waals surface area contributed by atoms with E-state index in [-0.39, 0.29) is 0 Å². The van der Waals surface area contributed by atoms with Crippen LogP contribution in [0.5, 0.6) is 0 Å². The summed E-state index contributed by atoms with van der Waals surface area (Å²) in [6, 6.07) is 4.78. The van der Waals surface area contributed by atoms with Gasteiger partial charge in [0.1, 0.15) is 5.16 Å². The van der Waals surface area contributed by atoms with Crippen LogP contribution in [0.25, 0.3) is 5.57 Å². The molecule has 1 atom stereocenters. The predicted molar refractivity (Wildman–Crippen MR) is 124 cm³/mol. The fourth-order valence-corrected chi connectivity index (χ4v) is 12.6. The van der Waals surface area contributed by atoms with Crippen LogP contribution in [0, 0.1) is 13.8 Å². The smallest absolute Gasteiger partial charge is 0.0586 e. The minimum Gasteiger partial charge on any atom is -0.0586 e. The van der Waals surface area contributed by atoms with Crippen LogP contribution in [0.2, 0.25) is 0 Å². The lowest BCUT2D eigenvalue weighted by Gasteiger charge is -2.43. The molecule has 27 heavy (non-hydrogen) atoms. The van der Waals surface area contributed by atoms with Gasteiger partial charge in [-0.3, -0.25) is 0 Å². The summed E-state index contributed by atoms with van der Waals surface area (Å²) in [6.07, 6.45) is 15.0. The number of hydrogen-bond acceptors (Lipinski definition) is 0. The fraction of sp³-hybridized carbons (Fsp3) is 0.692. The Balaban J connectivity index is 1.87. The molecule has 0 aliphatic heterocycles. The molecule has 0 amide bonds. The first-order valence-corrected chi connectivity index (χ1v) is 13.3. The fourth-order valence-electron chi connectivity index (χ4n) is 7.03. The minimum atomic E-state index is -0.512. The van der Waals surface area contributed by atoms with E-state index in [1.165, 1.54) is 69.8 Å². The largest absolute Gasteiger partial charge is 0.122 e. The number of benzene rings is 1. The molecule has 3 aliphatic rings. The third-order valence-electron chi connectivity index (χ3n) is 8.48. The van der Waals surface area contributed by atoms with E-state index in [0.29, 0.717) is 5.16 Å². The molecule has 0 aromatic heterocycles. The molecule has 148 valence electrons. The molecule has 0 bridgehead atoms. The van der Waals surface area contributed by atoms with Gasteiger partial charge in [-0.1, -0.05) is 25.0 Å². The highest BCUT2D eigenvalue weighted by Gasteiger charge is 2.56. The molecule has 1 aromatic rings. The van der Waals surface area contributed by atoms with Gasteiger partial charge < -0.3 is 0 Å². The zero-order valence-corrected chi connectivity index (χ0v) is 19.4. The maximum Gasteiger partial charge on any atom is 0.122 e. The van der Waals surface area contributed by atoms with Crippen LogP contribution in [0.15, 0.2) is 17.7 Å². The maximum atomic E-state index is 2.70. The quantitative estimate of drug-likeness (QED) is 0.461. The van der Waals surface area contributed by atoms with Crippen molar-refractivity contribution in [2.45, 2.75) is 115 Å². The summed E-state index contributed by atoms with van der Waals surface area (Å²) in [4.78, 5) is 0. The van der Waals surface area contributed by atoms with Gasteiger partial charge in [0.25, 0.3) is 0 Å². The summed E-state index contributed by atoms with van der Waals surface area (Å²) in [5, 5.41) is 0.351. The Morgan fingerprint density at radius 1 is 0.741 bits per heavy atom. The van der Waals surface area contributed by atoms with E-state index in [2.05, 4.69) is 46.8 Å². The predicted octanol–water partition coefficient (Wildman–Crippen LogP) is 8.21. The van der Waals surface area contributed by atoms with Crippen LogP contribution in [-0.4, -0.2) is 11.3 Å². The summed E-state index contributed by atoms with van der Waals surface area (Å²) in [7, 11) is -0.512. The zero-order valence-electron chi connectivity index (χ0n) is 18.4. The molecule has 2 saturated carbocycles. The number of rotatable bonds is 3. The Morgan fingerprint density at radius 2 is 1.22 bits per heavy atom. The van der Waals surface area contributed by atoms with Gasteiger partial charge in [-0.2, -0.15) is 0 Å². The van der Waals surface area contributed by atoms with Crippen molar-refractivity contribution in [1.82, 2.24) is 0 Å². The minimum absolute atomic E-state index is 0.351. The molecule has 1 aromatic carbocycles. The molecule has 0 heterocycles. The molecule has 0 saturated heterocycles. The Hall–Kier alpha value is -0.610. The molecule has 2 fully saturated rings. The van der Waals surface area contributed by atoms with Crippen molar-refractivity contribution in [3.8, 4) is 0 Å². The van der Waals surface area contributed by atoms with E-state index in [0.717, 1.165) is 11.3 Å². The van der Waals surface area contributed by atoms with Crippen molar-refractivity contribution < 1.29 is 0 Å². The highest BCUT2D eigenvalue weighted by atomic mass is 31.1. The van der Waals surface area contributed by atoms with Crippen molar-refractivity contribution in [2.75, 3.05) is 0 Å². The second kappa shape index (κ2) is 7.67. The second-order valence-corrected chi connectivity index (χ2v) is 13.5. The molecule has 0 nitrogen and oxygen atoms in total. The van der Waals surface area contributed by atoms with Crippen LogP contribution in [0.3, 0.4) is 0 Å². The van der Waals surface area contributed by atoms with E-state index in [9.17, 15) is 0 Å². The normalized spacial score (nSPS) is 27.5. The van der Waals surface area contributed by atoms with Crippen LogP contribution in [0.1, 0.15) is 107 Å². The standard InChI is InChI=1S/C26H39P/c1-18-16-17-19(2)25-24(18)20(3)21(4)26(25,5)27(22-12-8-6-9-13-22)23-14-10-7-11-15-23/h16-17,22-23H,6-15H2,1-5H3/p+1. The van der Waals surface area contributed by atoms with Crippen molar-refractivity contribution in [3.63, 3.8) is 0 Å². The van der Waals surface area contributed by atoms with Gasteiger partial charge in [0.2, 0.25) is 0 Å². The van der Waals surface area contributed by atoms with Crippen molar-refractivity contribution >= 4 is 13.5 Å². The van der Waals surface area contributed by atoms with Crippen LogP contribution in [0.4, 0.5) is 0 Å². The lowest BCUT2D eigenvalue weighted by atomic mass is 9.91. The second-order valence-electron chi connectivity index (χ2n) is 9.95. The molecule has 1 unspecified atom stereocenters. The van der Waals surface area contributed by atoms with E-state index in [4.69, 9.17) is 0 Å². The topological polar surface area (TPSA) is 0 Å². The summed E-state index contributed by atoms with van der Waals surface area (Å²) < 4.78 is 0. The van der Waals surface area contributed by atoms with Gasteiger partial charge in [-0.25, -0.2) is 0 Å². The van der Waals surface area contributed by atoms with Crippen LogP contribution < -0.4 is 0 Å². The first-order chi connectivity index (χ1) is 13.0. The Bertz CT molecular complexity index is 713. The lowest BCUT2D eigenvalue weighted by molar-refractivity contribution is 0.476. The third kappa shape index (κ3) is 3.15. The first kappa shape index (κ1) is 19.7. The highest BCUT2D eigenvalue weighted by molar-refractivity contribution is 7.60. The van der Waals surface area contributed by atoms with Gasteiger partial charge in [-0.15, -0.1) is 0 Å². The van der Waals surface area contributed by atoms with E-state index < -0.39 is 7.92 Å². The number of fused-ring (bicyclic) bond motifs is 1. The maximum absolute atomic E-state index is 2.70. The highest BCUT2D eigenvalue weighted by Crippen LogP contribution is 2.73. The van der Waals surface area contributed by atoms with Gasteiger partial charge >= 0.3 is 0 Å². The van der Waals surface area contributed by atoms with Gasteiger partial charge in [0.05, 0.1) is 11.3 Å². The molecule has 3 aliphatic carbocycles. The molecule has 0 radical (unpaired) electrons. The average molecular weight is 384 g/mol. The molecular formula is C26H40P+. The number of hydrogen-bond donors (Lipinski definition) is 0. The van der Waals surface area contributed by atoms with E-state index in [1.54, 1.807) is 27.8 Å². The van der Waals surface area contributed by atoms with Crippen LogP contribution in [-0.2, 0) is 5.16 Å². The lowest BCUT2D eigenvalue weighted by Crippen LogP contribution is -2.33. The molecular weight excluding hydrogens is 343 g/mol. The summed E-state index contributed by atoms with van der Waals surface area (Å²) >= 11 is 0. The van der Waals surface area contributed by atoms with Crippen LogP contribution >= 0.6 is 7.92 Å².